The number of benzene rings is 1. The van der Waals surface area contributed by atoms with Crippen LogP contribution in [-0.2, 0) is 87.0 Å². The van der Waals surface area contributed by atoms with Gasteiger partial charge in [-0.05, 0) is 74.7 Å². The predicted molar refractivity (Wildman–Crippen MR) is 426 cm³/mol. The van der Waals surface area contributed by atoms with Crippen LogP contribution in [-0.4, -0.2) is 253 Å². The van der Waals surface area contributed by atoms with Gasteiger partial charge in [0, 0.05) is 47.2 Å². The Kier molecular flexibility index (Phi) is 33.8. The zero-order valence-corrected chi connectivity index (χ0v) is 70.0. The third-order valence-electron chi connectivity index (χ3n) is 18.7. The van der Waals surface area contributed by atoms with E-state index in [1.807, 2.05) is 0 Å². The molecule has 1 aromatic carbocycles. The number of hydrogen-bond acceptors (Lipinski definition) is 35. The number of rotatable bonds is 31. The molecule has 18 atom stereocenters. The second-order valence-corrected chi connectivity index (χ2v) is 31.8. The van der Waals surface area contributed by atoms with Gasteiger partial charge < -0.3 is 115 Å². The number of halogens is 5. The highest BCUT2D eigenvalue weighted by molar-refractivity contribution is 7.52. The number of azide groups is 2. The van der Waals surface area contributed by atoms with E-state index in [9.17, 15) is 62.5 Å². The number of esters is 5. The van der Waals surface area contributed by atoms with Crippen LogP contribution in [0.25, 0.3) is 20.9 Å². The molecule has 1 aromatic rings. The third kappa shape index (κ3) is 24.2. The van der Waals surface area contributed by atoms with E-state index in [4.69, 9.17) is 100 Å². The highest BCUT2D eigenvalue weighted by Crippen LogP contribution is 2.50. The van der Waals surface area contributed by atoms with Gasteiger partial charge in [-0.25, -0.2) is 37.1 Å². The molecule has 8 heterocycles. The largest absolute Gasteiger partial charge is 0.462 e. The molecule has 0 spiro atoms. The number of aliphatic imine (C=N–C) groups is 3. The van der Waals surface area contributed by atoms with Crippen LogP contribution in [0.15, 0.2) is 148 Å². The predicted octanol–water partition coefficient (Wildman–Crippen LogP) is 5.15. The molecule has 47 heteroatoms. The molecule has 14 N–H and O–H groups in total. The van der Waals surface area contributed by atoms with Gasteiger partial charge in [0.1, 0.15) is 101 Å². The number of alkyl halides is 5. The monoisotopic (exact) mass is 1760 g/mol. The minimum Gasteiger partial charge on any atom is -0.462 e. The van der Waals surface area contributed by atoms with E-state index in [1.165, 1.54) is 116 Å². The van der Waals surface area contributed by atoms with Gasteiger partial charge in [0.05, 0.1) is 64.7 Å². The van der Waals surface area contributed by atoms with Gasteiger partial charge in [-0.1, -0.05) is 104 Å². The molecular formula is C74H105ClF4N19O22P. The van der Waals surface area contributed by atoms with Gasteiger partial charge in [-0.2, -0.15) is 5.09 Å². The van der Waals surface area contributed by atoms with Crippen LogP contribution in [0.1, 0.15) is 91.4 Å². The summed E-state index contributed by atoms with van der Waals surface area (Å²) in [7, 11) is -4.49. The fourth-order valence-corrected chi connectivity index (χ4v) is 13.7. The van der Waals surface area contributed by atoms with Crippen molar-refractivity contribution in [3.8, 4) is 5.75 Å². The van der Waals surface area contributed by atoms with Crippen molar-refractivity contribution in [3.63, 3.8) is 0 Å². The number of aliphatic hydroxyl groups is 4. The first kappa shape index (κ1) is 96.3. The van der Waals surface area contributed by atoms with Gasteiger partial charge >= 0.3 is 37.6 Å². The van der Waals surface area contributed by atoms with Gasteiger partial charge in [0.2, 0.25) is 0 Å². The molecular weight excluding hydrogens is 1650 g/mol. The summed E-state index contributed by atoms with van der Waals surface area (Å²) in [5.41, 5.74) is 30.1. The molecule has 0 aliphatic carbocycles. The Bertz CT molecular complexity index is 4430. The summed E-state index contributed by atoms with van der Waals surface area (Å²) >= 11 is 6.08. The SMILES string of the molecule is C=C1N=C(N)C=CN1[C@@H]1O[C@@](CO)(CN=[N+]=[N-])[C@@H](OC(=O)C(C)C)[C@H]1F.C=C1N=C(N)C=CN1[C@@H]1O[C@](CN=[N+]=[N-])(COC(=O)C(C)C)[C@@H](O)[C@H]1F.C=C1NC(=O)C=CN1[C@@H]1O[C@](CF)(COP(=O)(NC(C)C(=O)OC(C)C)Oc2ccc(CN)cc2)[C@@H](O)[C@@]1(C)O.[2H]C([2H])(OC(=O)C(C)C)[C@@]1(CCl)O[C@@H](N2C=CC(N)=NC2=C)[C@H](F)[C@@H]1OC(=O)C(C)C. The van der Waals surface area contributed by atoms with E-state index in [0.29, 0.717) is 0 Å². The average molecular weight is 1760 g/mol. The van der Waals surface area contributed by atoms with Crippen LogP contribution in [0, 0.1) is 23.7 Å². The lowest BCUT2D eigenvalue weighted by atomic mass is 9.88. The second kappa shape index (κ2) is 42.5. The number of nitrogens with zero attached hydrogens (tertiary/aromatic N) is 13. The Morgan fingerprint density at radius 2 is 1.12 bits per heavy atom. The van der Waals surface area contributed by atoms with E-state index in [1.54, 1.807) is 53.7 Å². The minimum atomic E-state index is -4.49. The Labute approximate surface area is 702 Å². The summed E-state index contributed by atoms with van der Waals surface area (Å²) in [6.45, 7) is 26.1. The van der Waals surface area contributed by atoms with E-state index < -0.39 is 227 Å². The summed E-state index contributed by atoms with van der Waals surface area (Å²) in [6.07, 6.45) is -8.03. The van der Waals surface area contributed by atoms with Crippen molar-refractivity contribution in [1.29, 1.82) is 0 Å². The summed E-state index contributed by atoms with van der Waals surface area (Å²) in [5, 5.41) is 54.0. The number of ether oxygens (including phenoxy) is 9. The number of hydrogen-bond donors (Lipinski definition) is 10. The van der Waals surface area contributed by atoms with Crippen LogP contribution in [0.4, 0.5) is 17.6 Å². The fraction of sp³-hybridized carbons (Fsp3) is 0.581. The van der Waals surface area contributed by atoms with Gasteiger partial charge in [-0.15, -0.1) is 11.6 Å². The number of nitrogens with one attached hydrogen (secondary N) is 2. The Hall–Kier alpha value is -10.2. The third-order valence-corrected chi connectivity index (χ3v) is 20.7. The van der Waals surface area contributed by atoms with E-state index in [0.717, 1.165) is 11.6 Å². The van der Waals surface area contributed by atoms with Crippen LogP contribution in [0.2, 0.25) is 0 Å². The van der Waals surface area contributed by atoms with Crippen LogP contribution in [0.3, 0.4) is 0 Å². The molecule has 4 fully saturated rings. The number of carbonyl (C=O) groups excluding carboxylic acids is 6. The topological polar surface area (TPSA) is 578 Å². The van der Waals surface area contributed by atoms with E-state index >= 15 is 8.78 Å². The van der Waals surface area contributed by atoms with Crippen LogP contribution in [0.5, 0.6) is 5.75 Å². The molecule has 0 radical (unpaired) electrons. The molecule has 8 aliphatic rings. The molecule has 0 saturated carbocycles. The highest BCUT2D eigenvalue weighted by Gasteiger charge is 2.66. The molecule has 0 bridgehead atoms. The number of amidine groups is 3. The maximum Gasteiger partial charge on any atom is 0.459 e. The number of amides is 1. The van der Waals surface area contributed by atoms with Gasteiger partial charge in [0.15, 0.2) is 66.8 Å². The molecule has 9 rings (SSSR count). The van der Waals surface area contributed by atoms with Crippen molar-refractivity contribution in [1.82, 2.24) is 30.0 Å². The second-order valence-electron chi connectivity index (χ2n) is 29.9. The maximum atomic E-state index is 15.7. The summed E-state index contributed by atoms with van der Waals surface area (Å²) < 4.78 is 151. The molecule has 8 aliphatic heterocycles. The molecule has 668 valence electrons. The number of aliphatic hydroxyl groups excluding tert-OH is 3. The zero-order chi connectivity index (χ0) is 92.6. The molecule has 0 aromatic heterocycles. The lowest BCUT2D eigenvalue weighted by Crippen LogP contribution is -2.55. The van der Waals surface area contributed by atoms with Crippen molar-refractivity contribution in [2.45, 2.75) is 198 Å². The Balaban J connectivity index is 0.000000258. The van der Waals surface area contributed by atoms with Crippen LogP contribution < -0.4 is 37.9 Å². The highest BCUT2D eigenvalue weighted by atomic mass is 35.5. The van der Waals surface area contributed by atoms with Crippen molar-refractivity contribution in [2.75, 3.05) is 52.0 Å². The quantitative estimate of drug-likeness (QED) is 0.00671. The van der Waals surface area contributed by atoms with Gasteiger partial charge in [0.25, 0.3) is 5.91 Å². The summed E-state index contributed by atoms with van der Waals surface area (Å²) in [6, 6.07) is 5.03. The van der Waals surface area contributed by atoms with E-state index in [2.05, 4.69) is 71.7 Å². The van der Waals surface area contributed by atoms with Crippen LogP contribution >= 0.6 is 19.3 Å². The lowest BCUT2D eigenvalue weighted by Gasteiger charge is -2.37. The summed E-state index contributed by atoms with van der Waals surface area (Å²) in [4.78, 5) is 94.1. The first-order valence-corrected chi connectivity index (χ1v) is 39.4. The van der Waals surface area contributed by atoms with Crippen molar-refractivity contribution < 1.29 is 126 Å². The average Bonchev–Trinajstić information content (AvgIpc) is 1.59. The molecule has 4 saturated heterocycles. The standard InChI is InChI=1S/C25H36FN4O9P.C19H27ClFN3O5.2C15H21FN6O4/c1-15(2)37-21(32)16(3)29-40(35,39-19-8-6-18(12-27)7-9-19)36-14-25(13-26)22(33)24(5,34)23(38-25)30-11-10-20(31)28-17(30)4;1-10(2)17(25)27-9-19(8-20)15(28-18(26)11(3)4)14(21)16(29-19)24-7-6-13(22)23-12(24)5;1-8(2)14(24)25-7-15(6-19-21-18)12(23)11(16)13(26-15)22-5-4-10(17)20-9(22)3;1-8(2)14(24)25-12-11(16)13(22-5-4-10(17)20-9(22)3)26-15(12,7-23)6-19-21-18/h6-11,15-16,22-23,33-34H,4,12-14,27H2,1-3,5H3,(H,28,31)(H,29,35);6-7,10-11,14-16H,5,8-9H2,1-4H3,(H2,22,23);2*4-5,8,11-13,23H,3,6-7H2,1-2H3,(H2,17,20)/t16?,22-,23+,24+,25+,40?;14-,15+,16-,19-;2*11-,12+,13-,15-/m0111/s1/i;9D2;;. The van der Waals surface area contributed by atoms with Crippen molar-refractivity contribution in [3.05, 3.63) is 149 Å². The van der Waals surface area contributed by atoms with E-state index in [-0.39, 0.29) is 53.1 Å². The smallest absolute Gasteiger partial charge is 0.459 e. The fourth-order valence-electron chi connectivity index (χ4n) is 11.9. The first-order valence-electron chi connectivity index (χ1n) is 38.3. The minimum absolute atomic E-state index is 0.00893. The molecule has 1 amide bonds. The van der Waals surface area contributed by atoms with Crippen molar-refractivity contribution in [2.24, 2.45) is 71.8 Å². The summed E-state index contributed by atoms with van der Waals surface area (Å²) in [5.74, 6) is -6.27. The number of carbonyl (C=O) groups is 6. The lowest BCUT2D eigenvalue weighted by molar-refractivity contribution is -0.178. The molecule has 2 unspecified atom stereocenters. The molecule has 121 heavy (non-hydrogen) atoms. The Morgan fingerprint density at radius 3 is 1.54 bits per heavy atom. The normalized spacial score (nSPS) is 30.2. The number of nitrogens with two attached hydrogens (primary N) is 4. The first-order chi connectivity index (χ1) is 57.4. The van der Waals surface area contributed by atoms with Crippen molar-refractivity contribution >= 4 is 72.6 Å². The van der Waals surface area contributed by atoms with Gasteiger partial charge in [-0.3, -0.25) is 33.3 Å². The maximum absolute atomic E-state index is 15.7. The zero-order valence-electron chi connectivity index (χ0n) is 70.3. The molecule has 41 nitrogen and oxygen atoms in total. The Morgan fingerprint density at radius 1 is 0.678 bits per heavy atom.